The molecule has 0 saturated carbocycles. The van der Waals surface area contributed by atoms with Gasteiger partial charge in [0.2, 0.25) is 0 Å². The van der Waals surface area contributed by atoms with Gasteiger partial charge in [0.1, 0.15) is 5.75 Å². The number of nitrogens with one attached hydrogen (secondary N) is 1. The maximum atomic E-state index is 11.5. The van der Waals surface area contributed by atoms with Crippen molar-refractivity contribution < 1.29 is 19.4 Å². The molecule has 0 aliphatic heterocycles. The summed E-state index contributed by atoms with van der Waals surface area (Å²) in [7, 11) is 0. The lowest BCUT2D eigenvalue weighted by Gasteiger charge is -2.14. The van der Waals surface area contributed by atoms with Crippen molar-refractivity contribution >= 4 is 11.9 Å². The van der Waals surface area contributed by atoms with Crippen LogP contribution >= 0.6 is 0 Å². The van der Waals surface area contributed by atoms with Crippen molar-refractivity contribution in [3.63, 3.8) is 0 Å². The van der Waals surface area contributed by atoms with Gasteiger partial charge in [-0.2, -0.15) is 0 Å². The highest BCUT2D eigenvalue weighted by Crippen LogP contribution is 2.22. The molecule has 0 aliphatic carbocycles. The number of amides is 1. The van der Waals surface area contributed by atoms with E-state index >= 15 is 0 Å². The summed E-state index contributed by atoms with van der Waals surface area (Å²) in [6.45, 7) is 3.12. The molecule has 5 heteroatoms. The van der Waals surface area contributed by atoms with Crippen molar-refractivity contribution in [2.24, 2.45) is 0 Å². The molecule has 0 spiro atoms. The van der Waals surface area contributed by atoms with Crippen molar-refractivity contribution in [3.05, 3.63) is 54.1 Å². The number of carbonyl (C=O) groups excluding carboxylic acids is 2. The standard InChI is InChI=1S/C18H19NO4/c1-12-3-5-14(6-4-12)15-7-9-16(10-8-15)23-11-17(20)19-13(2)18(21)22/h3-10,13H,11H2,1-2H3,(H,19,20)(H,21,22)/p-1/t13-/m0/s1. The van der Waals surface area contributed by atoms with Crippen LogP contribution in [0, 0.1) is 6.92 Å². The molecule has 0 fully saturated rings. The number of ether oxygens (including phenoxy) is 1. The van der Waals surface area contributed by atoms with Gasteiger partial charge in [0.15, 0.2) is 6.61 Å². The van der Waals surface area contributed by atoms with Crippen molar-refractivity contribution in [1.82, 2.24) is 5.32 Å². The van der Waals surface area contributed by atoms with Crippen LogP contribution in [0.4, 0.5) is 0 Å². The smallest absolute Gasteiger partial charge is 0.258 e. The third-order valence-corrected chi connectivity index (χ3v) is 3.34. The van der Waals surface area contributed by atoms with Gasteiger partial charge in [-0.3, -0.25) is 4.79 Å². The van der Waals surface area contributed by atoms with Gasteiger partial charge in [-0.1, -0.05) is 42.0 Å². The number of carbonyl (C=O) groups is 2. The average Bonchev–Trinajstić information content (AvgIpc) is 2.54. The summed E-state index contributed by atoms with van der Waals surface area (Å²) in [5, 5.41) is 12.8. The molecular weight excluding hydrogens is 294 g/mol. The van der Waals surface area contributed by atoms with Gasteiger partial charge >= 0.3 is 0 Å². The molecule has 0 unspecified atom stereocenters. The van der Waals surface area contributed by atoms with Crippen LogP contribution < -0.4 is 15.2 Å². The molecule has 120 valence electrons. The van der Waals surface area contributed by atoms with Crippen molar-refractivity contribution in [2.45, 2.75) is 19.9 Å². The molecular formula is C18H18NO4-. The molecule has 23 heavy (non-hydrogen) atoms. The summed E-state index contributed by atoms with van der Waals surface area (Å²) in [6.07, 6.45) is 0. The molecule has 2 aromatic carbocycles. The number of aliphatic carboxylic acids is 1. The summed E-state index contributed by atoms with van der Waals surface area (Å²) >= 11 is 0. The number of carboxylic acid groups (broad SMARTS) is 1. The van der Waals surface area contributed by atoms with E-state index in [2.05, 4.69) is 5.32 Å². The van der Waals surface area contributed by atoms with Gasteiger partial charge in [0.25, 0.3) is 5.91 Å². The molecule has 0 bridgehead atoms. The highest BCUT2D eigenvalue weighted by molar-refractivity contribution is 5.83. The minimum atomic E-state index is -1.33. The quantitative estimate of drug-likeness (QED) is 0.872. The Hall–Kier alpha value is -2.82. The van der Waals surface area contributed by atoms with E-state index < -0.39 is 17.9 Å². The second kappa shape index (κ2) is 7.45. The number of benzene rings is 2. The highest BCUT2D eigenvalue weighted by Gasteiger charge is 2.08. The second-order valence-corrected chi connectivity index (χ2v) is 5.29. The van der Waals surface area contributed by atoms with Crippen LogP contribution in [0.3, 0.4) is 0 Å². The first-order valence-corrected chi connectivity index (χ1v) is 7.26. The van der Waals surface area contributed by atoms with Crippen LogP contribution in [0.2, 0.25) is 0 Å². The van der Waals surface area contributed by atoms with Gasteiger partial charge in [-0.15, -0.1) is 0 Å². The van der Waals surface area contributed by atoms with E-state index in [4.69, 9.17) is 4.74 Å². The molecule has 2 aromatic rings. The topological polar surface area (TPSA) is 78.5 Å². The third-order valence-electron chi connectivity index (χ3n) is 3.34. The zero-order valence-corrected chi connectivity index (χ0v) is 13.0. The molecule has 1 atom stereocenters. The van der Waals surface area contributed by atoms with Crippen LogP contribution in [0.25, 0.3) is 11.1 Å². The van der Waals surface area contributed by atoms with E-state index in [1.165, 1.54) is 12.5 Å². The third kappa shape index (κ3) is 4.85. The first kappa shape index (κ1) is 16.5. The lowest BCUT2D eigenvalue weighted by molar-refractivity contribution is -0.307. The maximum Gasteiger partial charge on any atom is 0.258 e. The molecule has 1 N–H and O–H groups in total. The fourth-order valence-corrected chi connectivity index (χ4v) is 1.98. The Morgan fingerprint density at radius 2 is 1.57 bits per heavy atom. The monoisotopic (exact) mass is 312 g/mol. The molecule has 0 heterocycles. The Labute approximate surface area is 134 Å². The maximum absolute atomic E-state index is 11.5. The first-order valence-electron chi connectivity index (χ1n) is 7.26. The molecule has 0 saturated heterocycles. The molecule has 2 rings (SSSR count). The molecule has 1 amide bonds. The van der Waals surface area contributed by atoms with E-state index in [9.17, 15) is 14.7 Å². The number of hydrogen-bond acceptors (Lipinski definition) is 4. The van der Waals surface area contributed by atoms with Crippen molar-refractivity contribution in [3.8, 4) is 16.9 Å². The predicted molar refractivity (Wildman–Crippen MR) is 84.7 cm³/mol. The minimum Gasteiger partial charge on any atom is -0.548 e. The van der Waals surface area contributed by atoms with Crippen molar-refractivity contribution in [1.29, 1.82) is 0 Å². The average molecular weight is 312 g/mol. The summed E-state index contributed by atoms with van der Waals surface area (Å²) < 4.78 is 5.33. The summed E-state index contributed by atoms with van der Waals surface area (Å²) in [6, 6.07) is 14.5. The zero-order chi connectivity index (χ0) is 16.8. The normalized spacial score (nSPS) is 11.6. The zero-order valence-electron chi connectivity index (χ0n) is 13.0. The van der Waals surface area contributed by atoms with Crippen LogP contribution in [0.15, 0.2) is 48.5 Å². The van der Waals surface area contributed by atoms with Gasteiger partial charge in [0.05, 0.1) is 12.0 Å². The Kier molecular flexibility index (Phi) is 5.36. The highest BCUT2D eigenvalue weighted by atomic mass is 16.5. The van der Waals surface area contributed by atoms with Crippen LogP contribution in [-0.4, -0.2) is 24.5 Å². The number of aryl methyl sites for hydroxylation is 1. The van der Waals surface area contributed by atoms with Crippen molar-refractivity contribution in [2.75, 3.05) is 6.61 Å². The van der Waals surface area contributed by atoms with E-state index in [1.54, 1.807) is 12.1 Å². The van der Waals surface area contributed by atoms with Gasteiger partial charge in [0, 0.05) is 0 Å². The van der Waals surface area contributed by atoms with Crippen LogP contribution in [-0.2, 0) is 9.59 Å². The molecule has 0 aromatic heterocycles. The summed E-state index contributed by atoms with van der Waals surface area (Å²) in [4.78, 5) is 22.1. The summed E-state index contributed by atoms with van der Waals surface area (Å²) in [5.41, 5.74) is 3.35. The molecule has 5 nitrogen and oxygen atoms in total. The second-order valence-electron chi connectivity index (χ2n) is 5.29. The summed E-state index contributed by atoms with van der Waals surface area (Å²) in [5.74, 6) is -1.30. The predicted octanol–water partition coefficient (Wildman–Crippen LogP) is 1.30. The Morgan fingerprint density at radius 1 is 1.04 bits per heavy atom. The van der Waals surface area contributed by atoms with Gasteiger partial charge < -0.3 is 20.0 Å². The van der Waals surface area contributed by atoms with Gasteiger partial charge in [-0.05, 0) is 37.1 Å². The Bertz CT molecular complexity index is 677. The number of rotatable bonds is 6. The molecule has 0 aliphatic rings. The fourth-order valence-electron chi connectivity index (χ4n) is 1.98. The van der Waals surface area contributed by atoms with E-state index in [1.807, 2.05) is 43.3 Å². The number of hydrogen-bond donors (Lipinski definition) is 1. The lowest BCUT2D eigenvalue weighted by atomic mass is 10.0. The lowest BCUT2D eigenvalue weighted by Crippen LogP contribution is -2.47. The first-order chi connectivity index (χ1) is 11.0. The van der Waals surface area contributed by atoms with E-state index in [0.717, 1.165) is 11.1 Å². The van der Waals surface area contributed by atoms with E-state index in [-0.39, 0.29) is 6.61 Å². The van der Waals surface area contributed by atoms with Crippen LogP contribution in [0.1, 0.15) is 12.5 Å². The van der Waals surface area contributed by atoms with Gasteiger partial charge in [-0.25, -0.2) is 0 Å². The molecule has 0 radical (unpaired) electrons. The SMILES string of the molecule is Cc1ccc(-c2ccc(OCC(=O)N[C@@H](C)C(=O)[O-])cc2)cc1. The fraction of sp³-hybridized carbons (Fsp3) is 0.222. The van der Waals surface area contributed by atoms with E-state index in [0.29, 0.717) is 5.75 Å². The van der Waals surface area contributed by atoms with Crippen LogP contribution in [0.5, 0.6) is 5.75 Å². The minimum absolute atomic E-state index is 0.249. The number of carboxylic acids is 1. The Balaban J connectivity index is 1.91. The largest absolute Gasteiger partial charge is 0.548 e. The Morgan fingerprint density at radius 3 is 2.09 bits per heavy atom.